The van der Waals surface area contributed by atoms with Gasteiger partial charge in [0.25, 0.3) is 0 Å². The normalized spacial score (nSPS) is 46.2. The molecule has 0 amide bonds. The van der Waals surface area contributed by atoms with Gasteiger partial charge in [0.2, 0.25) is 0 Å². The molecule has 4 atom stereocenters. The van der Waals surface area contributed by atoms with Crippen molar-refractivity contribution in [3.8, 4) is 0 Å². The van der Waals surface area contributed by atoms with Crippen molar-refractivity contribution in [1.82, 2.24) is 0 Å². The van der Waals surface area contributed by atoms with E-state index < -0.39 is 6.17 Å². The molecule has 0 aromatic carbocycles. The van der Waals surface area contributed by atoms with E-state index in [1.54, 1.807) is 0 Å². The van der Waals surface area contributed by atoms with E-state index in [1.807, 2.05) is 6.08 Å². The van der Waals surface area contributed by atoms with Crippen molar-refractivity contribution in [2.75, 3.05) is 6.61 Å². The van der Waals surface area contributed by atoms with Crippen LogP contribution >= 0.6 is 0 Å². The third-order valence-corrected chi connectivity index (χ3v) is 3.38. The summed E-state index contributed by atoms with van der Waals surface area (Å²) < 4.78 is 24.2. The third-order valence-electron chi connectivity index (χ3n) is 3.38. The van der Waals surface area contributed by atoms with Crippen LogP contribution in [-0.4, -0.2) is 25.0 Å². The smallest absolute Gasteiger partial charge is 0.127 e. The lowest BCUT2D eigenvalue weighted by atomic mass is 9.85. The van der Waals surface area contributed by atoms with Crippen LogP contribution in [0.1, 0.15) is 25.7 Å². The van der Waals surface area contributed by atoms with Crippen molar-refractivity contribution in [2.45, 2.75) is 44.1 Å². The predicted molar refractivity (Wildman–Crippen MR) is 49.6 cm³/mol. The highest BCUT2D eigenvalue weighted by molar-refractivity contribution is 5.09. The van der Waals surface area contributed by atoms with Crippen LogP contribution in [0, 0.1) is 5.92 Å². The lowest BCUT2D eigenvalue weighted by Gasteiger charge is -2.34. The number of halogens is 1. The highest BCUT2D eigenvalue weighted by Crippen LogP contribution is 2.39. The largest absolute Gasteiger partial charge is 0.492 e. The monoisotopic (exact) mass is 198 g/mol. The summed E-state index contributed by atoms with van der Waals surface area (Å²) in [6, 6.07) is 0. The Bertz CT molecular complexity index is 260. The van der Waals surface area contributed by atoms with E-state index in [0.29, 0.717) is 24.9 Å². The van der Waals surface area contributed by atoms with Gasteiger partial charge in [-0.3, -0.25) is 0 Å². The molecule has 0 spiro atoms. The van der Waals surface area contributed by atoms with Crippen molar-refractivity contribution in [3.63, 3.8) is 0 Å². The maximum Gasteiger partial charge on any atom is 0.127 e. The molecule has 3 heteroatoms. The van der Waals surface area contributed by atoms with E-state index in [2.05, 4.69) is 0 Å². The lowest BCUT2D eigenvalue weighted by molar-refractivity contribution is 0.0132. The molecule has 78 valence electrons. The van der Waals surface area contributed by atoms with Gasteiger partial charge in [0.15, 0.2) is 0 Å². The quantitative estimate of drug-likeness (QED) is 0.602. The Morgan fingerprint density at radius 2 is 2.14 bits per heavy atom. The second-order valence-corrected chi connectivity index (χ2v) is 4.48. The first-order chi connectivity index (χ1) is 6.83. The summed E-state index contributed by atoms with van der Waals surface area (Å²) in [6.07, 6.45) is 5.13. The zero-order valence-electron chi connectivity index (χ0n) is 8.12. The second kappa shape index (κ2) is 3.23. The molecule has 0 saturated carbocycles. The molecule has 2 nitrogen and oxygen atoms in total. The summed E-state index contributed by atoms with van der Waals surface area (Å²) >= 11 is 0. The van der Waals surface area contributed by atoms with Crippen LogP contribution in [0.5, 0.6) is 0 Å². The van der Waals surface area contributed by atoms with Crippen LogP contribution in [-0.2, 0) is 9.47 Å². The zero-order valence-corrected chi connectivity index (χ0v) is 8.12. The SMILES string of the molecule is FC1CC=C2OC(C3CO3)CCC2C1. The van der Waals surface area contributed by atoms with Gasteiger partial charge in [-0.15, -0.1) is 0 Å². The van der Waals surface area contributed by atoms with Crippen molar-refractivity contribution >= 4 is 0 Å². The Hall–Kier alpha value is -0.570. The minimum Gasteiger partial charge on any atom is -0.492 e. The van der Waals surface area contributed by atoms with Gasteiger partial charge in [-0.25, -0.2) is 4.39 Å². The number of fused-ring (bicyclic) bond motifs is 1. The molecular formula is C11H15FO2. The van der Waals surface area contributed by atoms with Gasteiger partial charge in [-0.2, -0.15) is 0 Å². The van der Waals surface area contributed by atoms with E-state index in [9.17, 15) is 4.39 Å². The lowest BCUT2D eigenvalue weighted by Crippen LogP contribution is -2.31. The summed E-state index contributed by atoms with van der Waals surface area (Å²) in [5.74, 6) is 1.37. The molecule has 2 heterocycles. The topological polar surface area (TPSA) is 21.8 Å². The maximum absolute atomic E-state index is 13.1. The van der Waals surface area contributed by atoms with E-state index in [-0.39, 0.29) is 6.10 Å². The van der Waals surface area contributed by atoms with Gasteiger partial charge in [-0.05, 0) is 25.3 Å². The second-order valence-electron chi connectivity index (χ2n) is 4.48. The average molecular weight is 198 g/mol. The number of alkyl halides is 1. The summed E-state index contributed by atoms with van der Waals surface area (Å²) in [5.41, 5.74) is 0. The first kappa shape index (κ1) is 8.72. The number of hydrogen-bond donors (Lipinski definition) is 0. The molecule has 2 fully saturated rings. The Morgan fingerprint density at radius 3 is 2.93 bits per heavy atom. The predicted octanol–water partition coefficient (Wildman–Crippen LogP) is 2.20. The van der Waals surface area contributed by atoms with Crippen LogP contribution in [0.3, 0.4) is 0 Å². The van der Waals surface area contributed by atoms with Crippen LogP contribution in [0.15, 0.2) is 11.8 Å². The van der Waals surface area contributed by atoms with Crippen LogP contribution in [0.4, 0.5) is 4.39 Å². The highest BCUT2D eigenvalue weighted by atomic mass is 19.1. The van der Waals surface area contributed by atoms with Gasteiger partial charge in [0.05, 0.1) is 12.4 Å². The minimum atomic E-state index is -0.652. The molecule has 3 aliphatic rings. The molecular weight excluding hydrogens is 183 g/mol. The van der Waals surface area contributed by atoms with Gasteiger partial charge in [0.1, 0.15) is 18.4 Å². The Labute approximate surface area is 83.1 Å². The molecule has 0 bridgehead atoms. The minimum absolute atomic E-state index is 0.244. The molecule has 1 aliphatic carbocycles. The summed E-state index contributed by atoms with van der Waals surface area (Å²) in [4.78, 5) is 0. The fourth-order valence-electron chi connectivity index (χ4n) is 2.47. The fraction of sp³-hybridized carbons (Fsp3) is 0.818. The molecule has 2 saturated heterocycles. The van der Waals surface area contributed by atoms with E-state index in [0.717, 1.165) is 25.2 Å². The fourth-order valence-corrected chi connectivity index (χ4v) is 2.47. The number of allylic oxidation sites excluding steroid dienone is 2. The zero-order chi connectivity index (χ0) is 9.54. The molecule has 0 N–H and O–H groups in total. The Balaban J connectivity index is 1.70. The third kappa shape index (κ3) is 1.54. The Kier molecular flexibility index (Phi) is 2.01. The van der Waals surface area contributed by atoms with Crippen LogP contribution in [0.25, 0.3) is 0 Å². The molecule has 0 aromatic rings. The van der Waals surface area contributed by atoms with Gasteiger partial charge in [-0.1, -0.05) is 0 Å². The standard InChI is InChI=1S/C11H15FO2/c12-8-2-4-9-7(5-8)1-3-10(14-9)11-6-13-11/h4,7-8,10-11H,1-3,5-6H2. The first-order valence-electron chi connectivity index (χ1n) is 5.45. The van der Waals surface area contributed by atoms with Gasteiger partial charge >= 0.3 is 0 Å². The molecule has 2 aliphatic heterocycles. The van der Waals surface area contributed by atoms with Crippen molar-refractivity contribution in [3.05, 3.63) is 11.8 Å². The molecule has 3 rings (SSSR count). The van der Waals surface area contributed by atoms with E-state index in [4.69, 9.17) is 9.47 Å². The highest BCUT2D eigenvalue weighted by Gasteiger charge is 2.40. The molecule has 0 aromatic heterocycles. The van der Waals surface area contributed by atoms with Crippen LogP contribution in [0.2, 0.25) is 0 Å². The number of epoxide rings is 1. The van der Waals surface area contributed by atoms with Crippen molar-refractivity contribution < 1.29 is 13.9 Å². The molecule has 14 heavy (non-hydrogen) atoms. The summed E-state index contributed by atoms with van der Waals surface area (Å²) in [5, 5.41) is 0. The molecule has 0 radical (unpaired) electrons. The maximum atomic E-state index is 13.1. The first-order valence-corrected chi connectivity index (χ1v) is 5.45. The number of rotatable bonds is 1. The average Bonchev–Trinajstić information content (AvgIpc) is 3.00. The van der Waals surface area contributed by atoms with Crippen molar-refractivity contribution in [2.24, 2.45) is 5.92 Å². The van der Waals surface area contributed by atoms with E-state index in [1.165, 1.54) is 0 Å². The Morgan fingerprint density at radius 1 is 1.29 bits per heavy atom. The number of ether oxygens (including phenoxy) is 2. The van der Waals surface area contributed by atoms with Gasteiger partial charge < -0.3 is 9.47 Å². The van der Waals surface area contributed by atoms with Gasteiger partial charge in [0, 0.05) is 12.3 Å². The molecule has 4 unspecified atom stereocenters. The number of hydrogen-bond acceptors (Lipinski definition) is 2. The van der Waals surface area contributed by atoms with Crippen molar-refractivity contribution in [1.29, 1.82) is 0 Å². The van der Waals surface area contributed by atoms with Crippen LogP contribution < -0.4 is 0 Å². The summed E-state index contributed by atoms with van der Waals surface area (Å²) in [7, 11) is 0. The van der Waals surface area contributed by atoms with E-state index >= 15 is 0 Å². The summed E-state index contributed by atoms with van der Waals surface area (Å²) in [6.45, 7) is 0.842.